The fourth-order valence-electron chi connectivity index (χ4n) is 1.63. The largest absolute Gasteiger partial charge is 0.357 e. The topological polar surface area (TPSA) is 134 Å². The fraction of sp³-hybridized carbons (Fsp3) is 0.200. The molecular formula is C10H10N8O2S. The first-order valence-electron chi connectivity index (χ1n) is 5.82. The number of hydrogen-bond acceptors (Lipinski definition) is 8. The van der Waals surface area contributed by atoms with Crippen molar-refractivity contribution < 1.29 is 0 Å². The number of aromatic nitrogens is 7. The van der Waals surface area contributed by atoms with Crippen LogP contribution in [0, 0.1) is 0 Å². The quantitative estimate of drug-likeness (QED) is 0.428. The Morgan fingerprint density at radius 1 is 1.29 bits per heavy atom. The van der Waals surface area contributed by atoms with E-state index in [1.54, 1.807) is 14.1 Å². The number of aromatic amines is 2. The Balaban J connectivity index is 2.13. The van der Waals surface area contributed by atoms with E-state index in [-0.39, 0.29) is 0 Å². The maximum atomic E-state index is 11.4. The van der Waals surface area contributed by atoms with Crippen molar-refractivity contribution in [3.8, 4) is 0 Å². The van der Waals surface area contributed by atoms with Gasteiger partial charge in [0.05, 0.1) is 6.33 Å². The van der Waals surface area contributed by atoms with E-state index in [0.29, 0.717) is 27.3 Å². The van der Waals surface area contributed by atoms with E-state index in [0.717, 1.165) is 11.8 Å². The number of H-pyrrole nitrogens is 2. The molecule has 0 radical (unpaired) electrons. The Morgan fingerprint density at radius 2 is 2.10 bits per heavy atom. The van der Waals surface area contributed by atoms with E-state index in [4.69, 9.17) is 0 Å². The number of hydrogen-bond donors (Lipinski definition) is 3. The number of nitrogens with zero attached hydrogens (tertiary/aromatic N) is 5. The average Bonchev–Trinajstić information content (AvgIpc) is 2.93. The lowest BCUT2D eigenvalue weighted by atomic mass is 10.5. The van der Waals surface area contributed by atoms with Crippen LogP contribution in [0.4, 0.5) is 5.95 Å². The summed E-state index contributed by atoms with van der Waals surface area (Å²) in [5, 5.41) is 6.05. The van der Waals surface area contributed by atoms with Crippen LogP contribution in [0.3, 0.4) is 0 Å². The van der Waals surface area contributed by atoms with E-state index >= 15 is 0 Å². The monoisotopic (exact) mass is 306 g/mol. The highest BCUT2D eigenvalue weighted by molar-refractivity contribution is 7.99. The van der Waals surface area contributed by atoms with Crippen LogP contribution in [0.2, 0.25) is 0 Å². The number of imidazole rings is 1. The van der Waals surface area contributed by atoms with Crippen LogP contribution in [0.25, 0.3) is 11.2 Å². The lowest BCUT2D eigenvalue weighted by Crippen LogP contribution is -2.33. The summed E-state index contributed by atoms with van der Waals surface area (Å²) in [7, 11) is 3.27. The molecule has 3 rings (SSSR count). The Labute approximate surface area is 121 Å². The van der Waals surface area contributed by atoms with Gasteiger partial charge in [0.1, 0.15) is 10.5 Å². The maximum Gasteiger partial charge on any atom is 0.339 e. The molecular weight excluding hydrogens is 296 g/mol. The van der Waals surface area contributed by atoms with Gasteiger partial charge in [0, 0.05) is 14.1 Å². The van der Waals surface area contributed by atoms with E-state index in [9.17, 15) is 9.59 Å². The molecule has 0 unspecified atom stereocenters. The first-order valence-corrected chi connectivity index (χ1v) is 6.64. The van der Waals surface area contributed by atoms with Crippen LogP contribution in [0.1, 0.15) is 0 Å². The highest BCUT2D eigenvalue weighted by Gasteiger charge is 2.14. The van der Waals surface area contributed by atoms with Gasteiger partial charge >= 0.3 is 11.1 Å². The SMILES string of the molecule is CNc1nc(Sc2nc(=O)c(=O)[nH]n2C)c2[nH]cnc2n1. The molecule has 0 aromatic carbocycles. The van der Waals surface area contributed by atoms with Gasteiger partial charge in [0.25, 0.3) is 0 Å². The molecule has 21 heavy (non-hydrogen) atoms. The number of fused-ring (bicyclic) bond motifs is 1. The van der Waals surface area contributed by atoms with E-state index < -0.39 is 11.1 Å². The second-order valence-electron chi connectivity index (χ2n) is 4.01. The number of anilines is 1. The summed E-state index contributed by atoms with van der Waals surface area (Å²) in [5.74, 6) is 0.395. The predicted molar refractivity (Wildman–Crippen MR) is 75.5 cm³/mol. The first kappa shape index (κ1) is 13.3. The molecule has 0 spiro atoms. The average molecular weight is 306 g/mol. The summed E-state index contributed by atoms with van der Waals surface area (Å²) >= 11 is 1.12. The number of aryl methyl sites for hydroxylation is 1. The predicted octanol–water partition coefficient (Wildman–Crippen LogP) is -0.672. The lowest BCUT2D eigenvalue weighted by Gasteiger charge is -2.06. The van der Waals surface area contributed by atoms with Crippen LogP contribution in [0.15, 0.2) is 26.1 Å². The molecule has 3 aromatic rings. The van der Waals surface area contributed by atoms with Crippen molar-refractivity contribution in [1.82, 2.24) is 34.7 Å². The zero-order chi connectivity index (χ0) is 15.0. The van der Waals surface area contributed by atoms with Gasteiger partial charge in [-0.05, 0) is 11.8 Å². The van der Waals surface area contributed by atoms with E-state index in [2.05, 4.69) is 35.3 Å². The van der Waals surface area contributed by atoms with Gasteiger partial charge in [-0.25, -0.2) is 9.97 Å². The Bertz CT molecular complexity index is 927. The maximum absolute atomic E-state index is 11.4. The second-order valence-corrected chi connectivity index (χ2v) is 4.96. The first-order chi connectivity index (χ1) is 10.1. The van der Waals surface area contributed by atoms with Gasteiger partial charge in [0.2, 0.25) is 5.95 Å². The molecule has 3 aromatic heterocycles. The molecule has 10 nitrogen and oxygen atoms in total. The molecule has 0 bridgehead atoms. The van der Waals surface area contributed by atoms with Crippen LogP contribution in [-0.4, -0.2) is 41.7 Å². The normalized spacial score (nSPS) is 11.0. The summed E-state index contributed by atoms with van der Waals surface area (Å²) in [6.07, 6.45) is 1.50. The van der Waals surface area contributed by atoms with Crippen molar-refractivity contribution in [3.05, 3.63) is 27.0 Å². The van der Waals surface area contributed by atoms with Gasteiger partial charge in [-0.1, -0.05) is 0 Å². The van der Waals surface area contributed by atoms with Gasteiger partial charge in [-0.2, -0.15) is 9.97 Å². The van der Waals surface area contributed by atoms with E-state index in [1.807, 2.05) is 0 Å². The number of nitrogens with one attached hydrogen (secondary N) is 3. The third-order valence-corrected chi connectivity index (χ3v) is 3.65. The van der Waals surface area contributed by atoms with Gasteiger partial charge in [-0.3, -0.25) is 19.4 Å². The molecule has 0 amide bonds. The summed E-state index contributed by atoms with van der Waals surface area (Å²) in [6.45, 7) is 0. The Kier molecular flexibility index (Phi) is 3.17. The molecule has 0 aliphatic heterocycles. The molecule has 0 atom stereocenters. The second kappa shape index (κ2) is 5.01. The molecule has 0 aliphatic rings. The summed E-state index contributed by atoms with van der Waals surface area (Å²) in [6, 6.07) is 0. The minimum Gasteiger partial charge on any atom is -0.357 e. The Morgan fingerprint density at radius 3 is 2.86 bits per heavy atom. The minimum absolute atomic E-state index is 0.302. The molecule has 0 saturated carbocycles. The minimum atomic E-state index is -0.848. The van der Waals surface area contributed by atoms with Crippen LogP contribution in [0.5, 0.6) is 0 Å². The van der Waals surface area contributed by atoms with Crippen molar-refractivity contribution in [1.29, 1.82) is 0 Å². The molecule has 0 saturated heterocycles. The zero-order valence-corrected chi connectivity index (χ0v) is 11.9. The van der Waals surface area contributed by atoms with Crippen molar-refractivity contribution in [2.24, 2.45) is 7.05 Å². The Hall–Kier alpha value is -2.69. The molecule has 0 aliphatic carbocycles. The number of rotatable bonds is 3. The van der Waals surface area contributed by atoms with Gasteiger partial charge < -0.3 is 10.3 Å². The highest BCUT2D eigenvalue weighted by atomic mass is 32.2. The van der Waals surface area contributed by atoms with Gasteiger partial charge in [0.15, 0.2) is 10.8 Å². The third-order valence-electron chi connectivity index (χ3n) is 2.61. The van der Waals surface area contributed by atoms with E-state index in [1.165, 1.54) is 11.0 Å². The third kappa shape index (κ3) is 2.38. The smallest absolute Gasteiger partial charge is 0.339 e. The molecule has 3 N–H and O–H groups in total. The van der Waals surface area contributed by atoms with Crippen molar-refractivity contribution in [2.45, 2.75) is 10.2 Å². The summed E-state index contributed by atoms with van der Waals surface area (Å²) in [4.78, 5) is 41.8. The van der Waals surface area contributed by atoms with Crippen LogP contribution in [-0.2, 0) is 7.05 Å². The zero-order valence-electron chi connectivity index (χ0n) is 11.0. The van der Waals surface area contributed by atoms with Crippen molar-refractivity contribution in [3.63, 3.8) is 0 Å². The highest BCUT2D eigenvalue weighted by Crippen LogP contribution is 2.28. The molecule has 11 heteroatoms. The van der Waals surface area contributed by atoms with Crippen LogP contribution >= 0.6 is 11.8 Å². The lowest BCUT2D eigenvalue weighted by molar-refractivity contribution is 0.596. The molecule has 108 valence electrons. The van der Waals surface area contributed by atoms with Gasteiger partial charge in [-0.15, -0.1) is 0 Å². The van der Waals surface area contributed by atoms with Crippen LogP contribution < -0.4 is 16.4 Å². The molecule has 3 heterocycles. The van der Waals surface area contributed by atoms with Crippen molar-refractivity contribution >= 4 is 28.9 Å². The van der Waals surface area contributed by atoms with Crippen molar-refractivity contribution in [2.75, 3.05) is 12.4 Å². The fourth-order valence-corrected chi connectivity index (χ4v) is 2.50. The molecule has 0 fully saturated rings. The summed E-state index contributed by atoms with van der Waals surface area (Å²) in [5.41, 5.74) is -0.503. The standard InChI is InChI=1S/C10H10N8O2S/c1-11-9-14-5-4(12-3-13-5)8(16-9)21-10-15-6(19)7(20)17-18(10)2/h3H,1-2H3,(H,17,20)(H2,11,12,13,14,16). The summed E-state index contributed by atoms with van der Waals surface area (Å²) < 4.78 is 1.36.